The van der Waals surface area contributed by atoms with E-state index in [1.165, 1.54) is 0 Å². The van der Waals surface area contributed by atoms with Crippen LogP contribution in [0.25, 0.3) is 17.4 Å². The fourth-order valence-corrected chi connectivity index (χ4v) is 2.99. The summed E-state index contributed by atoms with van der Waals surface area (Å²) in [4.78, 5) is 25.3. The molecule has 6 heteroatoms. The summed E-state index contributed by atoms with van der Waals surface area (Å²) in [5.41, 5.74) is 2.05. The van der Waals surface area contributed by atoms with Gasteiger partial charge in [0, 0.05) is 16.1 Å². The molecule has 0 bridgehead atoms. The van der Waals surface area contributed by atoms with Crippen LogP contribution in [0.1, 0.15) is 23.0 Å². The van der Waals surface area contributed by atoms with Crippen LogP contribution in [-0.4, -0.2) is 22.5 Å². The van der Waals surface area contributed by atoms with Crippen LogP contribution in [-0.2, 0) is 4.79 Å². The van der Waals surface area contributed by atoms with E-state index in [1.807, 2.05) is 18.2 Å². The summed E-state index contributed by atoms with van der Waals surface area (Å²) in [7, 11) is 0. The predicted molar refractivity (Wildman–Crippen MR) is 108 cm³/mol. The molecule has 3 aromatic rings. The number of hydrogen-bond acceptors (Lipinski definition) is 4. The lowest BCUT2D eigenvalue weighted by Crippen LogP contribution is -2.29. The molecule has 0 atom stereocenters. The summed E-state index contributed by atoms with van der Waals surface area (Å²) in [5, 5.41) is 5.66. The Hall–Kier alpha value is -3.44. The summed E-state index contributed by atoms with van der Waals surface area (Å²) in [6, 6.07) is 19.4. The molecule has 2 heterocycles. The van der Waals surface area contributed by atoms with Gasteiger partial charge in [-0.25, -0.2) is 0 Å². The third-order valence-corrected chi connectivity index (χ3v) is 4.57. The number of hydrogen-bond donors (Lipinski definition) is 0. The zero-order valence-electron chi connectivity index (χ0n) is 14.9. The zero-order chi connectivity index (χ0) is 19.7. The lowest BCUT2D eigenvalue weighted by molar-refractivity contribution is -0.123. The summed E-state index contributed by atoms with van der Waals surface area (Å²) in [5.74, 6) is 0.211. The quantitative estimate of drug-likeness (QED) is 0.464. The molecule has 28 heavy (non-hydrogen) atoms. The zero-order valence-corrected chi connectivity index (χ0v) is 15.7. The normalized spacial score (nSPS) is 15.2. The Kier molecular flexibility index (Phi) is 4.67. The number of amides is 2. The molecule has 138 valence electrons. The molecule has 5 nitrogen and oxygen atoms in total. The van der Waals surface area contributed by atoms with Crippen molar-refractivity contribution in [1.29, 1.82) is 0 Å². The van der Waals surface area contributed by atoms with Gasteiger partial charge in [0.2, 0.25) is 0 Å². The first-order valence-electron chi connectivity index (χ1n) is 8.60. The van der Waals surface area contributed by atoms with Gasteiger partial charge in [-0.3, -0.25) is 9.59 Å². The van der Waals surface area contributed by atoms with E-state index in [0.717, 1.165) is 10.6 Å². The summed E-state index contributed by atoms with van der Waals surface area (Å²) in [6.45, 7) is 1.69. The first-order valence-corrected chi connectivity index (χ1v) is 8.97. The molecule has 0 saturated heterocycles. The third kappa shape index (κ3) is 3.40. The van der Waals surface area contributed by atoms with Gasteiger partial charge in [0.15, 0.2) is 0 Å². The fourth-order valence-electron chi connectivity index (χ4n) is 2.87. The van der Waals surface area contributed by atoms with E-state index in [-0.39, 0.29) is 0 Å². The SMILES string of the molecule is CC1=NN(C(=O)c2ccccc2)C(=O)/C1=C/c1ccc(-c2ccc(Cl)cc2)o1. The van der Waals surface area contributed by atoms with Crippen LogP contribution in [0.3, 0.4) is 0 Å². The molecular formula is C22H15ClN2O3. The minimum Gasteiger partial charge on any atom is -0.457 e. The highest BCUT2D eigenvalue weighted by atomic mass is 35.5. The van der Waals surface area contributed by atoms with E-state index in [1.54, 1.807) is 61.5 Å². The van der Waals surface area contributed by atoms with Gasteiger partial charge in [0.05, 0.1) is 11.3 Å². The highest BCUT2D eigenvalue weighted by Gasteiger charge is 2.33. The number of halogens is 1. The monoisotopic (exact) mass is 390 g/mol. The molecule has 0 aliphatic carbocycles. The van der Waals surface area contributed by atoms with Crippen LogP contribution < -0.4 is 0 Å². The van der Waals surface area contributed by atoms with Crippen molar-refractivity contribution in [2.75, 3.05) is 0 Å². The lowest BCUT2D eigenvalue weighted by atomic mass is 10.1. The van der Waals surface area contributed by atoms with Gasteiger partial charge in [-0.2, -0.15) is 10.1 Å². The van der Waals surface area contributed by atoms with Crippen LogP contribution in [0.4, 0.5) is 0 Å². The van der Waals surface area contributed by atoms with Crippen molar-refractivity contribution in [3.05, 3.63) is 88.6 Å². The predicted octanol–water partition coefficient (Wildman–Crippen LogP) is 5.04. The third-order valence-electron chi connectivity index (χ3n) is 4.32. The number of benzene rings is 2. The topological polar surface area (TPSA) is 62.9 Å². The molecule has 0 fully saturated rings. The summed E-state index contributed by atoms with van der Waals surface area (Å²) in [6.07, 6.45) is 1.60. The fraction of sp³-hybridized carbons (Fsp3) is 0.0455. The van der Waals surface area contributed by atoms with Crippen molar-refractivity contribution < 1.29 is 14.0 Å². The number of hydrazone groups is 1. The average molecular weight is 391 g/mol. The second kappa shape index (κ2) is 7.29. The molecule has 1 aliphatic rings. The number of imide groups is 1. The van der Waals surface area contributed by atoms with Crippen LogP contribution in [0.5, 0.6) is 0 Å². The second-order valence-corrected chi connectivity index (χ2v) is 6.68. The van der Waals surface area contributed by atoms with Crippen molar-refractivity contribution in [3.8, 4) is 11.3 Å². The highest BCUT2D eigenvalue weighted by molar-refractivity contribution is 6.31. The standard InChI is InChI=1S/C22H15ClN2O3/c1-14-19(22(27)25(24-14)21(26)16-5-3-2-4-6-16)13-18-11-12-20(28-18)15-7-9-17(23)10-8-15/h2-13H,1H3/b19-13+. The molecule has 2 aromatic carbocycles. The van der Waals surface area contributed by atoms with Gasteiger partial charge in [-0.15, -0.1) is 0 Å². The van der Waals surface area contributed by atoms with Gasteiger partial charge in [-0.05, 0) is 61.5 Å². The van der Waals surface area contributed by atoms with Crippen molar-refractivity contribution in [2.45, 2.75) is 6.92 Å². The Balaban J connectivity index is 1.59. The molecule has 0 radical (unpaired) electrons. The smallest absolute Gasteiger partial charge is 0.283 e. The summed E-state index contributed by atoms with van der Waals surface area (Å²) >= 11 is 5.91. The van der Waals surface area contributed by atoms with Crippen LogP contribution >= 0.6 is 11.6 Å². The molecule has 0 saturated carbocycles. The van der Waals surface area contributed by atoms with E-state index in [2.05, 4.69) is 5.10 Å². The van der Waals surface area contributed by atoms with E-state index in [4.69, 9.17) is 16.0 Å². The average Bonchev–Trinajstić information content (AvgIpc) is 3.29. The Bertz CT molecular complexity index is 1110. The van der Waals surface area contributed by atoms with Crippen LogP contribution in [0.15, 0.2) is 81.8 Å². The van der Waals surface area contributed by atoms with Gasteiger partial charge < -0.3 is 4.42 Å². The molecule has 0 N–H and O–H groups in total. The molecule has 1 aromatic heterocycles. The highest BCUT2D eigenvalue weighted by Crippen LogP contribution is 2.26. The maximum atomic E-state index is 12.7. The van der Waals surface area contributed by atoms with Crippen molar-refractivity contribution in [2.24, 2.45) is 5.10 Å². The Morgan fingerprint density at radius 1 is 1.04 bits per heavy atom. The maximum Gasteiger partial charge on any atom is 0.283 e. The van der Waals surface area contributed by atoms with Crippen LogP contribution in [0, 0.1) is 0 Å². The number of carbonyl (C=O) groups excluding carboxylic acids is 2. The van der Waals surface area contributed by atoms with E-state index in [9.17, 15) is 9.59 Å². The molecule has 0 unspecified atom stereocenters. The van der Waals surface area contributed by atoms with Crippen molar-refractivity contribution in [1.82, 2.24) is 5.01 Å². The molecular weight excluding hydrogens is 376 g/mol. The van der Waals surface area contributed by atoms with Gasteiger partial charge in [0.25, 0.3) is 11.8 Å². The molecule has 1 aliphatic heterocycles. The number of carbonyl (C=O) groups is 2. The van der Waals surface area contributed by atoms with Gasteiger partial charge in [0.1, 0.15) is 11.5 Å². The number of rotatable bonds is 3. The first-order chi connectivity index (χ1) is 13.5. The van der Waals surface area contributed by atoms with Gasteiger partial charge >= 0.3 is 0 Å². The Morgan fingerprint density at radius 2 is 1.75 bits per heavy atom. The van der Waals surface area contributed by atoms with E-state index >= 15 is 0 Å². The second-order valence-electron chi connectivity index (χ2n) is 6.24. The maximum absolute atomic E-state index is 12.7. The summed E-state index contributed by atoms with van der Waals surface area (Å²) < 4.78 is 5.82. The largest absolute Gasteiger partial charge is 0.457 e. The number of furan rings is 1. The van der Waals surface area contributed by atoms with Crippen molar-refractivity contribution in [3.63, 3.8) is 0 Å². The van der Waals surface area contributed by atoms with Crippen molar-refractivity contribution >= 4 is 35.2 Å². The first kappa shape index (κ1) is 17.9. The molecule has 2 amide bonds. The molecule has 0 spiro atoms. The Labute approximate surface area is 166 Å². The minimum absolute atomic E-state index is 0.321. The minimum atomic E-state index is -0.476. The number of nitrogens with zero attached hydrogens (tertiary/aromatic N) is 2. The van der Waals surface area contributed by atoms with Gasteiger partial charge in [-0.1, -0.05) is 29.8 Å². The van der Waals surface area contributed by atoms with Crippen LogP contribution in [0.2, 0.25) is 5.02 Å². The Morgan fingerprint density at radius 3 is 2.46 bits per heavy atom. The van der Waals surface area contributed by atoms with E-state index < -0.39 is 11.8 Å². The van der Waals surface area contributed by atoms with E-state index in [0.29, 0.717) is 33.4 Å². The molecule has 4 rings (SSSR count). The lowest BCUT2D eigenvalue weighted by Gasteiger charge is -2.09.